The lowest BCUT2D eigenvalue weighted by Crippen LogP contribution is -2.40. The Labute approximate surface area is 183 Å². The molecule has 2 fully saturated rings. The molecule has 1 saturated carbocycles. The van der Waals surface area contributed by atoms with Crippen molar-refractivity contribution in [3.8, 4) is 11.3 Å². The Morgan fingerprint density at radius 1 is 1.16 bits per heavy atom. The van der Waals surface area contributed by atoms with Crippen molar-refractivity contribution in [3.05, 3.63) is 69.8 Å². The Kier molecular flexibility index (Phi) is 3.90. The number of hydrogen-bond acceptors (Lipinski definition) is 6. The Hall–Kier alpha value is -3.06. The molecule has 7 heteroatoms. The molecule has 6 nitrogen and oxygen atoms in total. The van der Waals surface area contributed by atoms with Gasteiger partial charge in [-0.05, 0) is 31.4 Å². The second kappa shape index (κ2) is 6.47. The molecule has 0 bridgehead atoms. The molecule has 2 aromatic heterocycles. The predicted octanol–water partition coefficient (Wildman–Crippen LogP) is 3.84. The van der Waals surface area contributed by atoms with E-state index in [0.29, 0.717) is 25.1 Å². The number of benzene rings is 1. The Morgan fingerprint density at radius 3 is 2.68 bits per heavy atom. The Balaban J connectivity index is 1.25. The largest absolute Gasteiger partial charge is 0.449 e. The van der Waals surface area contributed by atoms with Gasteiger partial charge in [-0.2, -0.15) is 0 Å². The number of fused-ring (bicyclic) bond motifs is 2. The number of hydrogen-bond donors (Lipinski definition) is 0. The van der Waals surface area contributed by atoms with Gasteiger partial charge in [0.25, 0.3) is 0 Å². The number of rotatable bonds is 3. The van der Waals surface area contributed by atoms with Crippen LogP contribution >= 0.6 is 11.3 Å². The Morgan fingerprint density at radius 2 is 1.97 bits per heavy atom. The lowest BCUT2D eigenvalue weighted by atomic mass is 9.92. The van der Waals surface area contributed by atoms with Gasteiger partial charge in [0, 0.05) is 41.9 Å². The van der Waals surface area contributed by atoms with Crippen LogP contribution in [0.25, 0.3) is 11.3 Å². The number of likely N-dealkylation sites (tertiary alicyclic amines) is 1. The van der Waals surface area contributed by atoms with Crippen molar-refractivity contribution >= 4 is 23.2 Å². The van der Waals surface area contributed by atoms with Crippen molar-refractivity contribution in [2.45, 2.75) is 37.2 Å². The van der Waals surface area contributed by atoms with E-state index in [-0.39, 0.29) is 11.9 Å². The maximum Gasteiger partial charge on any atom is 0.341 e. The third-order valence-electron chi connectivity index (χ3n) is 6.85. The number of aryl methyl sites for hydroxylation is 1. The van der Waals surface area contributed by atoms with Crippen molar-refractivity contribution in [3.63, 3.8) is 0 Å². The SMILES string of the molecule is Cc1nc(-c2ccc(C3(C(=O)N4CCC5(C4)OC(=O)c4cnccc45)CC3)cc2)cs1. The van der Waals surface area contributed by atoms with Gasteiger partial charge < -0.3 is 9.64 Å². The number of aromatic nitrogens is 2. The molecule has 0 radical (unpaired) electrons. The van der Waals surface area contributed by atoms with Crippen molar-refractivity contribution in [2.24, 2.45) is 0 Å². The third-order valence-corrected chi connectivity index (χ3v) is 7.62. The minimum absolute atomic E-state index is 0.139. The average Bonchev–Trinajstić information content (AvgIpc) is 3.17. The first kappa shape index (κ1) is 18.7. The molecule has 1 spiro atoms. The van der Waals surface area contributed by atoms with E-state index in [9.17, 15) is 9.59 Å². The summed E-state index contributed by atoms with van der Waals surface area (Å²) in [4.78, 5) is 36.4. The van der Waals surface area contributed by atoms with Crippen molar-refractivity contribution < 1.29 is 14.3 Å². The molecule has 1 unspecified atom stereocenters. The van der Waals surface area contributed by atoms with E-state index in [1.807, 2.05) is 17.9 Å². The van der Waals surface area contributed by atoms with Crippen LogP contribution in [0.15, 0.2) is 48.1 Å². The van der Waals surface area contributed by atoms with Gasteiger partial charge >= 0.3 is 5.97 Å². The number of carbonyl (C=O) groups is 2. The molecule has 1 amide bonds. The molecule has 3 aromatic rings. The normalized spacial score (nSPS) is 23.1. The van der Waals surface area contributed by atoms with Crippen LogP contribution < -0.4 is 0 Å². The highest BCUT2D eigenvalue weighted by Crippen LogP contribution is 2.52. The maximum atomic E-state index is 13.6. The molecule has 156 valence electrons. The summed E-state index contributed by atoms with van der Waals surface area (Å²) in [6, 6.07) is 10.1. The summed E-state index contributed by atoms with van der Waals surface area (Å²) in [5, 5.41) is 3.10. The van der Waals surface area contributed by atoms with Gasteiger partial charge in [0.15, 0.2) is 5.60 Å². The summed E-state index contributed by atoms with van der Waals surface area (Å²) in [5.74, 6) is -0.202. The van der Waals surface area contributed by atoms with Crippen LogP contribution in [0, 0.1) is 6.92 Å². The predicted molar refractivity (Wildman–Crippen MR) is 116 cm³/mol. The van der Waals surface area contributed by atoms with Crippen molar-refractivity contribution in [1.29, 1.82) is 0 Å². The van der Waals surface area contributed by atoms with Gasteiger partial charge in [-0.3, -0.25) is 9.78 Å². The van der Waals surface area contributed by atoms with Crippen LogP contribution in [0.3, 0.4) is 0 Å². The topological polar surface area (TPSA) is 72.4 Å². The highest BCUT2D eigenvalue weighted by molar-refractivity contribution is 7.09. The van der Waals surface area contributed by atoms with Gasteiger partial charge in [-0.1, -0.05) is 24.3 Å². The van der Waals surface area contributed by atoms with Gasteiger partial charge in [0.1, 0.15) is 0 Å². The smallest absolute Gasteiger partial charge is 0.341 e. The monoisotopic (exact) mass is 431 g/mol. The molecule has 4 heterocycles. The molecular formula is C24H21N3O3S. The second-order valence-corrected chi connectivity index (χ2v) is 9.76. The van der Waals surface area contributed by atoms with E-state index < -0.39 is 11.0 Å². The molecule has 2 aliphatic heterocycles. The summed E-state index contributed by atoms with van der Waals surface area (Å²) in [7, 11) is 0. The van der Waals surface area contributed by atoms with Gasteiger partial charge in [-0.25, -0.2) is 9.78 Å². The van der Waals surface area contributed by atoms with Crippen LogP contribution in [-0.2, 0) is 20.5 Å². The molecule has 31 heavy (non-hydrogen) atoms. The highest BCUT2D eigenvalue weighted by atomic mass is 32.1. The molecule has 3 aliphatic rings. The maximum absolute atomic E-state index is 13.6. The van der Waals surface area contributed by atoms with Gasteiger partial charge in [-0.15, -0.1) is 11.3 Å². The first-order chi connectivity index (χ1) is 15.0. The van der Waals surface area contributed by atoms with Crippen LogP contribution in [0.5, 0.6) is 0 Å². The lowest BCUT2D eigenvalue weighted by molar-refractivity contribution is -0.134. The van der Waals surface area contributed by atoms with Crippen LogP contribution in [0.4, 0.5) is 0 Å². The summed E-state index contributed by atoms with van der Waals surface area (Å²) in [6.07, 6.45) is 5.57. The van der Waals surface area contributed by atoms with Crippen molar-refractivity contribution in [1.82, 2.24) is 14.9 Å². The zero-order valence-electron chi connectivity index (χ0n) is 17.1. The molecule has 1 aliphatic carbocycles. The summed E-state index contributed by atoms with van der Waals surface area (Å²) < 4.78 is 5.79. The second-order valence-electron chi connectivity index (χ2n) is 8.69. The van der Waals surface area contributed by atoms with Crippen LogP contribution in [0.1, 0.15) is 45.8 Å². The fourth-order valence-electron chi connectivity index (χ4n) is 5.01. The number of nitrogens with zero attached hydrogens (tertiary/aromatic N) is 3. The fraction of sp³-hybridized carbons (Fsp3) is 0.333. The summed E-state index contributed by atoms with van der Waals surface area (Å²) >= 11 is 1.64. The highest BCUT2D eigenvalue weighted by Gasteiger charge is 2.57. The van der Waals surface area contributed by atoms with E-state index in [0.717, 1.165) is 40.2 Å². The molecule has 1 atom stereocenters. The quantitative estimate of drug-likeness (QED) is 0.589. The van der Waals surface area contributed by atoms with E-state index in [4.69, 9.17) is 4.74 Å². The van der Waals surface area contributed by atoms with Gasteiger partial charge in [0.05, 0.1) is 28.2 Å². The van der Waals surface area contributed by atoms with Crippen molar-refractivity contribution in [2.75, 3.05) is 13.1 Å². The van der Waals surface area contributed by atoms with Crippen LogP contribution in [0.2, 0.25) is 0 Å². The van der Waals surface area contributed by atoms with Gasteiger partial charge in [0.2, 0.25) is 5.91 Å². The zero-order chi connectivity index (χ0) is 21.2. The average molecular weight is 432 g/mol. The fourth-order valence-corrected chi connectivity index (χ4v) is 5.63. The first-order valence-electron chi connectivity index (χ1n) is 10.5. The Bertz CT molecular complexity index is 1210. The third kappa shape index (κ3) is 2.76. The number of amides is 1. The lowest BCUT2D eigenvalue weighted by Gasteiger charge is -2.27. The first-order valence-corrected chi connectivity index (χ1v) is 11.4. The standard InChI is InChI=1S/C24H21N3O3S/c1-15-26-20(13-31-15)16-2-4-17(5-3-16)23(7-8-23)22(29)27-11-9-24(14-27)19-6-10-25-12-18(19)21(28)30-24/h2-6,10,12-13H,7-9,11,14H2,1H3. The molecule has 0 N–H and O–H groups in total. The number of carbonyl (C=O) groups excluding carboxylic acids is 2. The molecule has 6 rings (SSSR count). The summed E-state index contributed by atoms with van der Waals surface area (Å²) in [6.45, 7) is 3.00. The zero-order valence-corrected chi connectivity index (χ0v) is 17.9. The molecular weight excluding hydrogens is 410 g/mol. The minimum Gasteiger partial charge on any atom is -0.449 e. The number of esters is 1. The number of ether oxygens (including phenoxy) is 1. The number of pyridine rings is 1. The number of thiazole rings is 1. The molecule has 1 aromatic carbocycles. The summed E-state index contributed by atoms with van der Waals surface area (Å²) in [5.41, 5.74) is 3.30. The van der Waals surface area contributed by atoms with E-state index >= 15 is 0 Å². The van der Waals surface area contributed by atoms with E-state index in [2.05, 4.69) is 39.6 Å². The van der Waals surface area contributed by atoms with E-state index in [1.54, 1.807) is 23.7 Å². The minimum atomic E-state index is -0.729. The van der Waals surface area contributed by atoms with Crippen LogP contribution in [-0.4, -0.2) is 39.8 Å². The van der Waals surface area contributed by atoms with E-state index in [1.165, 1.54) is 0 Å². The molecule has 1 saturated heterocycles.